The highest BCUT2D eigenvalue weighted by Gasteiger charge is 2.40. The van der Waals surface area contributed by atoms with Gasteiger partial charge in [-0.1, -0.05) is 154 Å². The Hall–Kier alpha value is -0.640. The van der Waals surface area contributed by atoms with Crippen LogP contribution in [0.25, 0.3) is 0 Å². The number of unbranched alkanes of at least 4 members (excludes halogenated alkanes) is 24. The van der Waals surface area contributed by atoms with Gasteiger partial charge in [0.25, 0.3) is 0 Å². The third-order valence-electron chi connectivity index (χ3n) is 9.50. The summed E-state index contributed by atoms with van der Waals surface area (Å²) in [5, 5.41) is 9.40. The lowest BCUT2D eigenvalue weighted by Crippen LogP contribution is -2.31. The Morgan fingerprint density at radius 1 is 0.500 bits per heavy atom. The van der Waals surface area contributed by atoms with Crippen molar-refractivity contribution in [2.75, 3.05) is 13.2 Å². The van der Waals surface area contributed by atoms with E-state index in [0.717, 1.165) is 12.8 Å². The average Bonchev–Trinajstić information content (AvgIpc) is 3.43. The van der Waals surface area contributed by atoms with Gasteiger partial charge in [-0.3, -0.25) is 0 Å². The first kappa shape index (κ1) is 41.4. The molecule has 1 rings (SSSR count). The highest BCUT2D eigenvalue weighted by atomic mass is 16.7. The Balaban J connectivity index is 2.05. The van der Waals surface area contributed by atoms with Gasteiger partial charge in [-0.25, -0.2) is 0 Å². The van der Waals surface area contributed by atoms with Crippen LogP contribution in [0.5, 0.6) is 0 Å². The number of aliphatic hydroxyl groups is 1. The van der Waals surface area contributed by atoms with Gasteiger partial charge in [-0.2, -0.15) is 0 Å². The number of hydrogen-bond donors (Lipinski definition) is 1. The highest BCUT2D eigenvalue weighted by molar-refractivity contribution is 4.82. The first-order chi connectivity index (χ1) is 21.8. The normalized spacial score (nSPS) is 16.7. The van der Waals surface area contributed by atoms with Crippen LogP contribution >= 0.6 is 0 Å². The first-order valence-electron chi connectivity index (χ1n) is 20.0. The van der Waals surface area contributed by atoms with E-state index in [1.54, 1.807) is 0 Å². The van der Waals surface area contributed by atoms with Crippen LogP contribution in [0, 0.1) is 0 Å². The van der Waals surface area contributed by atoms with Crippen LogP contribution in [0.4, 0.5) is 0 Å². The van der Waals surface area contributed by atoms with E-state index in [4.69, 9.17) is 9.47 Å². The minimum atomic E-state index is -0.387. The Kier molecular flexibility index (Phi) is 30.4. The van der Waals surface area contributed by atoms with Crippen molar-refractivity contribution in [2.45, 2.75) is 225 Å². The SMILES string of the molecule is CCCCCCCC/C=C\CCCCCCCCC1(CCCCCCCC/C=C\CCCCCCCC)OCC(CCO)O1. The lowest BCUT2D eigenvalue weighted by Gasteiger charge is -2.28. The van der Waals surface area contributed by atoms with Crippen molar-refractivity contribution in [3.63, 3.8) is 0 Å². The molecule has 0 aromatic rings. The van der Waals surface area contributed by atoms with Crippen LogP contribution in [0.1, 0.15) is 213 Å². The van der Waals surface area contributed by atoms with Crippen LogP contribution in [0.2, 0.25) is 0 Å². The van der Waals surface area contributed by atoms with E-state index in [1.807, 2.05) is 0 Å². The third kappa shape index (κ3) is 25.5. The summed E-state index contributed by atoms with van der Waals surface area (Å²) < 4.78 is 12.7. The molecule has 0 spiro atoms. The van der Waals surface area contributed by atoms with E-state index in [0.29, 0.717) is 13.0 Å². The van der Waals surface area contributed by atoms with E-state index < -0.39 is 0 Å². The summed E-state index contributed by atoms with van der Waals surface area (Å²) in [4.78, 5) is 0. The van der Waals surface area contributed by atoms with Crippen LogP contribution in [-0.2, 0) is 9.47 Å². The Labute approximate surface area is 276 Å². The fraction of sp³-hybridized carbons (Fsp3) is 0.902. The quantitative estimate of drug-likeness (QED) is 0.0576. The second-order valence-electron chi connectivity index (χ2n) is 13.8. The predicted molar refractivity (Wildman–Crippen MR) is 193 cm³/mol. The summed E-state index contributed by atoms with van der Waals surface area (Å²) in [6.07, 6.45) is 49.9. The fourth-order valence-electron chi connectivity index (χ4n) is 6.57. The molecule has 0 bridgehead atoms. The molecule has 1 aliphatic heterocycles. The molecular weight excluding hydrogens is 540 g/mol. The summed E-state index contributed by atoms with van der Waals surface area (Å²) in [7, 11) is 0. The topological polar surface area (TPSA) is 38.7 Å². The largest absolute Gasteiger partial charge is 0.396 e. The van der Waals surface area contributed by atoms with Crippen LogP contribution in [-0.4, -0.2) is 30.2 Å². The lowest BCUT2D eigenvalue weighted by atomic mass is 9.98. The number of allylic oxidation sites excluding steroid dienone is 4. The zero-order valence-electron chi connectivity index (χ0n) is 30.0. The summed E-state index contributed by atoms with van der Waals surface area (Å²) in [6.45, 7) is 5.41. The van der Waals surface area contributed by atoms with Gasteiger partial charge >= 0.3 is 0 Å². The average molecular weight is 619 g/mol. The lowest BCUT2D eigenvalue weighted by molar-refractivity contribution is -0.180. The maximum Gasteiger partial charge on any atom is 0.168 e. The van der Waals surface area contributed by atoms with Crippen molar-refractivity contribution in [3.8, 4) is 0 Å². The van der Waals surface area contributed by atoms with Crippen LogP contribution in [0.15, 0.2) is 24.3 Å². The molecule has 1 aliphatic rings. The summed E-state index contributed by atoms with van der Waals surface area (Å²) in [5.41, 5.74) is 0. The van der Waals surface area contributed by atoms with Gasteiger partial charge in [0.2, 0.25) is 0 Å². The second-order valence-corrected chi connectivity index (χ2v) is 13.8. The van der Waals surface area contributed by atoms with E-state index in [2.05, 4.69) is 38.2 Å². The smallest absolute Gasteiger partial charge is 0.168 e. The molecular formula is C41H78O3. The third-order valence-corrected chi connectivity index (χ3v) is 9.50. The molecule has 0 aliphatic carbocycles. The molecule has 1 unspecified atom stereocenters. The number of hydrogen-bond acceptors (Lipinski definition) is 3. The Morgan fingerprint density at radius 3 is 1.20 bits per heavy atom. The summed E-state index contributed by atoms with van der Waals surface area (Å²) in [5.74, 6) is -0.387. The molecule has 0 aromatic heterocycles. The molecule has 1 fully saturated rings. The van der Waals surface area contributed by atoms with Gasteiger partial charge in [0.05, 0.1) is 12.7 Å². The van der Waals surface area contributed by atoms with Crippen LogP contribution < -0.4 is 0 Å². The van der Waals surface area contributed by atoms with Crippen molar-refractivity contribution < 1.29 is 14.6 Å². The van der Waals surface area contributed by atoms with Crippen LogP contribution in [0.3, 0.4) is 0 Å². The first-order valence-corrected chi connectivity index (χ1v) is 20.0. The minimum absolute atomic E-state index is 0.0724. The van der Waals surface area contributed by atoms with E-state index in [-0.39, 0.29) is 18.5 Å². The number of rotatable bonds is 34. The fourth-order valence-corrected chi connectivity index (χ4v) is 6.57. The molecule has 44 heavy (non-hydrogen) atoms. The van der Waals surface area contributed by atoms with Gasteiger partial charge in [0.1, 0.15) is 0 Å². The standard InChI is InChI=1S/C41H78O3/c1-3-5-7-9-11-13-15-17-19-21-23-25-27-29-31-33-36-41(43-39-40(44-41)35-38-42)37-34-32-30-28-26-24-22-20-18-16-14-12-10-8-6-4-2/h17-20,40,42H,3-16,21-39H2,1-2H3/b19-17-,20-18-. The summed E-state index contributed by atoms with van der Waals surface area (Å²) in [6, 6.07) is 0. The van der Waals surface area contributed by atoms with Gasteiger partial charge in [0, 0.05) is 19.4 Å². The van der Waals surface area contributed by atoms with E-state index in [1.165, 1.54) is 180 Å². The summed E-state index contributed by atoms with van der Waals surface area (Å²) >= 11 is 0. The van der Waals surface area contributed by atoms with E-state index in [9.17, 15) is 5.11 Å². The van der Waals surface area contributed by atoms with Crippen molar-refractivity contribution in [1.82, 2.24) is 0 Å². The van der Waals surface area contributed by atoms with Crippen molar-refractivity contribution >= 4 is 0 Å². The zero-order chi connectivity index (χ0) is 31.7. The van der Waals surface area contributed by atoms with Crippen molar-refractivity contribution in [3.05, 3.63) is 24.3 Å². The van der Waals surface area contributed by atoms with Crippen molar-refractivity contribution in [2.24, 2.45) is 0 Å². The van der Waals surface area contributed by atoms with Gasteiger partial charge < -0.3 is 14.6 Å². The minimum Gasteiger partial charge on any atom is -0.396 e. The molecule has 3 heteroatoms. The Bertz CT molecular complexity index is 585. The molecule has 3 nitrogen and oxygen atoms in total. The molecule has 260 valence electrons. The molecule has 0 radical (unpaired) electrons. The molecule has 0 aromatic carbocycles. The van der Waals surface area contributed by atoms with Crippen molar-refractivity contribution in [1.29, 1.82) is 0 Å². The number of ether oxygens (including phenoxy) is 2. The molecule has 1 heterocycles. The van der Waals surface area contributed by atoms with Gasteiger partial charge in [-0.05, 0) is 70.6 Å². The predicted octanol–water partition coefficient (Wildman–Crippen LogP) is 13.3. The second kappa shape index (κ2) is 32.3. The monoisotopic (exact) mass is 619 g/mol. The molecule has 0 saturated carbocycles. The number of aliphatic hydroxyl groups excluding tert-OH is 1. The highest BCUT2D eigenvalue weighted by Crippen LogP contribution is 2.35. The molecule has 0 amide bonds. The maximum absolute atomic E-state index is 9.40. The Morgan fingerprint density at radius 2 is 0.841 bits per heavy atom. The van der Waals surface area contributed by atoms with E-state index >= 15 is 0 Å². The zero-order valence-corrected chi connectivity index (χ0v) is 30.0. The van der Waals surface area contributed by atoms with Gasteiger partial charge in [-0.15, -0.1) is 0 Å². The molecule has 1 N–H and O–H groups in total. The van der Waals surface area contributed by atoms with Gasteiger partial charge in [0.15, 0.2) is 5.79 Å². The molecule has 1 atom stereocenters. The molecule has 1 saturated heterocycles. The maximum atomic E-state index is 9.40.